The lowest BCUT2D eigenvalue weighted by molar-refractivity contribution is 0.751. The Morgan fingerprint density at radius 3 is 2.78 bits per heavy atom. The Bertz CT molecular complexity index is 1260. The topological polar surface area (TPSA) is 101 Å². The molecule has 3 heterocycles. The van der Waals surface area contributed by atoms with Gasteiger partial charge < -0.3 is 0 Å². The van der Waals surface area contributed by atoms with Gasteiger partial charge in [0, 0.05) is 24.6 Å². The van der Waals surface area contributed by atoms with Crippen LogP contribution in [0.2, 0.25) is 0 Å². The number of nitrogens with one attached hydrogen (secondary N) is 2. The average Bonchev–Trinajstić information content (AvgIpc) is 3.18. The zero-order valence-electron chi connectivity index (χ0n) is 15.1. The molecular weight excluding hydrogens is 364 g/mol. The van der Waals surface area contributed by atoms with E-state index in [2.05, 4.69) is 45.4 Å². The Morgan fingerprint density at radius 1 is 1.19 bits per heavy atom. The highest BCUT2D eigenvalue weighted by molar-refractivity contribution is 7.98. The molecule has 2 N–H and O–H groups in total. The number of aryl methyl sites for hydroxylation is 3. The van der Waals surface area contributed by atoms with E-state index in [1.807, 2.05) is 6.07 Å². The summed E-state index contributed by atoms with van der Waals surface area (Å²) in [6, 6.07) is 9.63. The Balaban J connectivity index is 1.68. The van der Waals surface area contributed by atoms with Gasteiger partial charge in [-0.1, -0.05) is 41.6 Å². The fraction of sp³-hybridized carbons (Fsp3) is 0.222. The summed E-state index contributed by atoms with van der Waals surface area (Å²) in [6.07, 6.45) is 0. The van der Waals surface area contributed by atoms with Gasteiger partial charge in [-0.25, -0.2) is 9.67 Å². The molecule has 138 valence electrons. The van der Waals surface area contributed by atoms with Crippen LogP contribution in [0.4, 0.5) is 0 Å². The van der Waals surface area contributed by atoms with Crippen LogP contribution in [0.3, 0.4) is 0 Å². The zero-order valence-corrected chi connectivity index (χ0v) is 15.9. The summed E-state index contributed by atoms with van der Waals surface area (Å²) in [5.41, 5.74) is 2.93. The highest BCUT2D eigenvalue weighted by Crippen LogP contribution is 2.21. The quantitative estimate of drug-likeness (QED) is 0.526. The summed E-state index contributed by atoms with van der Waals surface area (Å²) in [5, 5.41) is 10.9. The molecule has 1 aromatic carbocycles. The lowest BCUT2D eigenvalue weighted by atomic mass is 10.2. The molecule has 0 bridgehead atoms. The van der Waals surface area contributed by atoms with Crippen molar-refractivity contribution >= 4 is 22.7 Å². The second-order valence-electron chi connectivity index (χ2n) is 6.39. The zero-order chi connectivity index (χ0) is 19.1. The maximum Gasteiger partial charge on any atom is 0.275 e. The van der Waals surface area contributed by atoms with Crippen molar-refractivity contribution in [2.75, 3.05) is 0 Å². The molecule has 8 nitrogen and oxygen atoms in total. The SMILES string of the molecule is Cc1cccc(CSc2n[nH]c(-n3c(C)c4c(=O)n(C)[nH]c4cc3=O)n2)c1. The molecule has 0 aliphatic carbocycles. The first-order valence-corrected chi connectivity index (χ1v) is 9.35. The monoisotopic (exact) mass is 382 g/mol. The summed E-state index contributed by atoms with van der Waals surface area (Å²) < 4.78 is 2.73. The van der Waals surface area contributed by atoms with E-state index in [4.69, 9.17) is 0 Å². The van der Waals surface area contributed by atoms with Crippen molar-refractivity contribution in [3.8, 4) is 5.95 Å². The van der Waals surface area contributed by atoms with E-state index in [0.717, 1.165) is 5.75 Å². The number of aromatic amines is 2. The van der Waals surface area contributed by atoms with E-state index in [0.29, 0.717) is 27.7 Å². The van der Waals surface area contributed by atoms with E-state index in [-0.39, 0.29) is 11.1 Å². The normalized spacial score (nSPS) is 11.4. The number of hydrogen-bond acceptors (Lipinski definition) is 5. The van der Waals surface area contributed by atoms with Crippen LogP contribution in [0.15, 0.2) is 45.1 Å². The van der Waals surface area contributed by atoms with Crippen molar-refractivity contribution in [3.05, 3.63) is 67.9 Å². The predicted molar refractivity (Wildman–Crippen MR) is 105 cm³/mol. The second-order valence-corrected chi connectivity index (χ2v) is 7.33. The maximum atomic E-state index is 12.5. The van der Waals surface area contributed by atoms with Gasteiger partial charge in [-0.3, -0.25) is 19.4 Å². The van der Waals surface area contributed by atoms with Gasteiger partial charge in [0.15, 0.2) is 0 Å². The largest absolute Gasteiger partial charge is 0.295 e. The van der Waals surface area contributed by atoms with Crippen LogP contribution < -0.4 is 11.1 Å². The first-order chi connectivity index (χ1) is 12.9. The first kappa shape index (κ1) is 17.3. The van der Waals surface area contributed by atoms with Crippen molar-refractivity contribution in [1.82, 2.24) is 29.5 Å². The lowest BCUT2D eigenvalue weighted by Crippen LogP contribution is -2.22. The van der Waals surface area contributed by atoms with Crippen molar-refractivity contribution in [3.63, 3.8) is 0 Å². The molecule has 27 heavy (non-hydrogen) atoms. The minimum Gasteiger partial charge on any atom is -0.295 e. The minimum absolute atomic E-state index is 0.190. The molecule has 0 fully saturated rings. The number of benzene rings is 1. The Hall–Kier alpha value is -3.07. The summed E-state index contributed by atoms with van der Waals surface area (Å²) >= 11 is 1.48. The lowest BCUT2D eigenvalue weighted by Gasteiger charge is -2.05. The second kappa shape index (κ2) is 6.58. The van der Waals surface area contributed by atoms with E-state index >= 15 is 0 Å². The minimum atomic E-state index is -0.284. The number of fused-ring (bicyclic) bond motifs is 1. The van der Waals surface area contributed by atoms with Crippen LogP contribution in [-0.4, -0.2) is 29.5 Å². The summed E-state index contributed by atoms with van der Waals surface area (Å²) in [6.45, 7) is 3.77. The average molecular weight is 382 g/mol. The fourth-order valence-corrected chi connectivity index (χ4v) is 3.84. The number of thioether (sulfide) groups is 1. The van der Waals surface area contributed by atoms with E-state index in [1.54, 1.807) is 14.0 Å². The van der Waals surface area contributed by atoms with Crippen molar-refractivity contribution in [1.29, 1.82) is 0 Å². The molecule has 0 aliphatic heterocycles. The number of H-pyrrole nitrogens is 2. The summed E-state index contributed by atoms with van der Waals surface area (Å²) in [5.74, 6) is 1.03. The molecule has 0 spiro atoms. The Labute approximate surface area is 158 Å². The Morgan fingerprint density at radius 2 is 2.00 bits per heavy atom. The van der Waals surface area contributed by atoms with E-state index in [1.165, 1.54) is 38.2 Å². The molecule has 4 rings (SSSR count). The molecule has 4 aromatic rings. The van der Waals surface area contributed by atoms with Gasteiger partial charge in [0.25, 0.3) is 11.1 Å². The number of nitrogens with zero attached hydrogens (tertiary/aromatic N) is 4. The molecule has 0 amide bonds. The van der Waals surface area contributed by atoms with Crippen LogP contribution in [0.5, 0.6) is 0 Å². The van der Waals surface area contributed by atoms with E-state index < -0.39 is 0 Å². The standard InChI is InChI=1S/C18H18N6O2S/c1-10-5-4-6-12(7-10)9-27-18-19-17(20-21-18)24-11(2)15-13(8-14(24)25)22-23(3)16(15)26/h4-8,22H,9H2,1-3H3,(H,19,20,21). The van der Waals surface area contributed by atoms with Gasteiger partial charge >= 0.3 is 0 Å². The Kier molecular flexibility index (Phi) is 4.23. The number of rotatable bonds is 4. The highest BCUT2D eigenvalue weighted by atomic mass is 32.2. The molecule has 0 aliphatic rings. The van der Waals surface area contributed by atoms with Crippen LogP contribution >= 0.6 is 11.8 Å². The highest BCUT2D eigenvalue weighted by Gasteiger charge is 2.16. The molecule has 3 aromatic heterocycles. The third kappa shape index (κ3) is 3.10. The van der Waals surface area contributed by atoms with Crippen LogP contribution in [0.25, 0.3) is 16.9 Å². The van der Waals surface area contributed by atoms with Gasteiger partial charge in [-0.05, 0) is 19.4 Å². The third-order valence-corrected chi connectivity index (χ3v) is 5.30. The predicted octanol–water partition coefficient (Wildman–Crippen LogP) is 2.04. The summed E-state index contributed by atoms with van der Waals surface area (Å²) in [4.78, 5) is 29.3. The maximum absolute atomic E-state index is 12.5. The van der Waals surface area contributed by atoms with Crippen LogP contribution in [-0.2, 0) is 12.8 Å². The van der Waals surface area contributed by atoms with Gasteiger partial charge in [0.2, 0.25) is 11.1 Å². The smallest absolute Gasteiger partial charge is 0.275 e. The number of pyridine rings is 1. The van der Waals surface area contributed by atoms with Crippen molar-refractivity contribution < 1.29 is 0 Å². The van der Waals surface area contributed by atoms with Crippen molar-refractivity contribution in [2.24, 2.45) is 7.05 Å². The van der Waals surface area contributed by atoms with E-state index in [9.17, 15) is 9.59 Å². The van der Waals surface area contributed by atoms with Gasteiger partial charge in [-0.2, -0.15) is 4.98 Å². The molecule has 9 heteroatoms. The molecular formula is C18H18N6O2S. The molecule has 0 saturated heterocycles. The van der Waals surface area contributed by atoms with Crippen LogP contribution in [0, 0.1) is 13.8 Å². The van der Waals surface area contributed by atoms with Gasteiger partial charge in [-0.15, -0.1) is 5.10 Å². The van der Waals surface area contributed by atoms with Gasteiger partial charge in [0.1, 0.15) is 0 Å². The first-order valence-electron chi connectivity index (χ1n) is 8.36. The molecule has 0 unspecified atom stereocenters. The van der Waals surface area contributed by atoms with Gasteiger partial charge in [0.05, 0.1) is 10.9 Å². The van der Waals surface area contributed by atoms with Crippen molar-refractivity contribution in [2.45, 2.75) is 24.8 Å². The molecule has 0 radical (unpaired) electrons. The van der Waals surface area contributed by atoms with Crippen LogP contribution in [0.1, 0.15) is 16.8 Å². The summed E-state index contributed by atoms with van der Waals surface area (Å²) in [7, 11) is 1.62. The number of hydrogen-bond donors (Lipinski definition) is 2. The number of aromatic nitrogens is 6. The fourth-order valence-electron chi connectivity index (χ4n) is 3.11. The molecule has 0 saturated carbocycles. The molecule has 0 atom stereocenters. The third-order valence-electron chi connectivity index (χ3n) is 4.38.